The lowest BCUT2D eigenvalue weighted by Gasteiger charge is -2.28. The Balaban J connectivity index is 1.82. The maximum atomic E-state index is 12.3. The van der Waals surface area contributed by atoms with E-state index in [9.17, 15) is 4.79 Å². The predicted molar refractivity (Wildman–Crippen MR) is 120 cm³/mol. The van der Waals surface area contributed by atoms with Crippen LogP contribution in [0.4, 0.5) is 5.82 Å². The van der Waals surface area contributed by atoms with Gasteiger partial charge in [-0.1, -0.05) is 18.7 Å². The summed E-state index contributed by atoms with van der Waals surface area (Å²) in [5.41, 5.74) is 0.256. The molecule has 1 N–H and O–H groups in total. The average Bonchev–Trinajstić information content (AvgIpc) is 3.15. The first-order valence-electron chi connectivity index (χ1n) is 10.4. The lowest BCUT2D eigenvalue weighted by Crippen LogP contribution is -2.39. The topological polar surface area (TPSA) is 75.9 Å². The summed E-state index contributed by atoms with van der Waals surface area (Å²) in [6.07, 6.45) is 6.60. The first-order valence-corrected chi connectivity index (χ1v) is 11.9. The molecule has 160 valence electrons. The van der Waals surface area contributed by atoms with Crippen molar-refractivity contribution in [3.8, 4) is 0 Å². The molecule has 2 aromatic rings. The van der Waals surface area contributed by atoms with Crippen LogP contribution in [0.3, 0.4) is 0 Å². The van der Waals surface area contributed by atoms with Crippen LogP contribution in [0.1, 0.15) is 46.5 Å². The second-order valence-corrected chi connectivity index (χ2v) is 9.43. The molecule has 1 fully saturated rings. The van der Waals surface area contributed by atoms with E-state index < -0.39 is 5.41 Å². The second-order valence-electron chi connectivity index (χ2n) is 8.10. The van der Waals surface area contributed by atoms with Crippen LogP contribution in [0.2, 0.25) is 0 Å². The number of hydrogen-bond donors (Lipinski definition) is 1. The Hall–Kier alpha value is -1.54. The monoisotopic (exact) mass is 438 g/mol. The van der Waals surface area contributed by atoms with E-state index in [1.54, 1.807) is 11.8 Å². The van der Waals surface area contributed by atoms with E-state index in [4.69, 9.17) is 21.6 Å². The zero-order chi connectivity index (χ0) is 20.9. The minimum Gasteiger partial charge on any atom is -0.356 e. The van der Waals surface area contributed by atoms with Crippen LogP contribution in [-0.4, -0.2) is 56.9 Å². The molecule has 0 atom stereocenters. The average molecular weight is 439 g/mol. The highest BCUT2D eigenvalue weighted by molar-refractivity contribution is 7.99. The number of alkyl halides is 1. The summed E-state index contributed by atoms with van der Waals surface area (Å²) < 4.78 is 1.87. The van der Waals surface area contributed by atoms with Gasteiger partial charge in [0.15, 0.2) is 10.8 Å². The fraction of sp³-hybridized carbons (Fsp3) is 0.700. The molecule has 1 aliphatic rings. The standard InChI is InChI=1S/C20H31ClN6OS/c1-4-12-29-19-24-16(26-9-6-5-7-10-26)15-13-23-27(17(15)25-19)11-8-22-18(28)20(2,3)14-21/h13H,4-12,14H2,1-3H3,(H,22,28). The number of carbonyl (C=O) groups excluding carboxylic acids is 1. The molecule has 0 radical (unpaired) electrons. The van der Waals surface area contributed by atoms with Gasteiger partial charge in [-0.15, -0.1) is 11.6 Å². The van der Waals surface area contributed by atoms with E-state index in [0.717, 1.165) is 47.3 Å². The van der Waals surface area contributed by atoms with Gasteiger partial charge in [0.05, 0.1) is 23.5 Å². The first-order chi connectivity index (χ1) is 14.0. The Morgan fingerprint density at radius 3 is 2.72 bits per heavy atom. The highest BCUT2D eigenvalue weighted by atomic mass is 35.5. The second kappa shape index (κ2) is 9.98. The third-order valence-corrected chi connectivity index (χ3v) is 6.83. The van der Waals surface area contributed by atoms with Crippen molar-refractivity contribution in [1.29, 1.82) is 0 Å². The number of halogens is 1. The SMILES string of the molecule is CCCSc1nc(N2CCCCC2)c2cnn(CCNC(=O)C(C)(C)CCl)c2n1. The molecule has 0 unspecified atom stereocenters. The zero-order valence-corrected chi connectivity index (χ0v) is 19.2. The van der Waals surface area contributed by atoms with Gasteiger partial charge in [-0.2, -0.15) is 5.10 Å². The van der Waals surface area contributed by atoms with Crippen molar-refractivity contribution >= 4 is 46.1 Å². The fourth-order valence-corrected chi connectivity index (χ4v) is 4.07. The predicted octanol–water partition coefficient (Wildman–Crippen LogP) is 3.70. The van der Waals surface area contributed by atoms with Crippen LogP contribution in [0.5, 0.6) is 0 Å². The van der Waals surface area contributed by atoms with Crippen molar-refractivity contribution < 1.29 is 4.79 Å². The molecule has 1 amide bonds. The smallest absolute Gasteiger partial charge is 0.226 e. The maximum Gasteiger partial charge on any atom is 0.226 e. The fourth-order valence-electron chi connectivity index (χ4n) is 3.26. The van der Waals surface area contributed by atoms with Crippen molar-refractivity contribution in [1.82, 2.24) is 25.1 Å². The zero-order valence-electron chi connectivity index (χ0n) is 17.6. The molecular weight excluding hydrogens is 408 g/mol. The number of piperidine rings is 1. The molecular formula is C20H31ClN6OS. The number of anilines is 1. The molecule has 3 heterocycles. The molecule has 0 bridgehead atoms. The number of nitrogens with zero attached hydrogens (tertiary/aromatic N) is 5. The van der Waals surface area contributed by atoms with Gasteiger partial charge in [0, 0.05) is 31.3 Å². The Labute approximate surface area is 182 Å². The van der Waals surface area contributed by atoms with Gasteiger partial charge in [-0.25, -0.2) is 14.6 Å². The molecule has 9 heteroatoms. The summed E-state index contributed by atoms with van der Waals surface area (Å²) in [6.45, 7) is 8.93. The van der Waals surface area contributed by atoms with Crippen LogP contribution in [0.15, 0.2) is 11.4 Å². The number of fused-ring (bicyclic) bond motifs is 1. The minimum atomic E-state index is -0.582. The lowest BCUT2D eigenvalue weighted by atomic mass is 9.95. The molecule has 3 rings (SSSR count). The van der Waals surface area contributed by atoms with Crippen molar-refractivity contribution in [2.75, 3.05) is 36.2 Å². The molecule has 0 spiro atoms. The Kier molecular flexibility index (Phi) is 7.62. The molecule has 7 nitrogen and oxygen atoms in total. The largest absolute Gasteiger partial charge is 0.356 e. The minimum absolute atomic E-state index is 0.0493. The van der Waals surface area contributed by atoms with Gasteiger partial charge in [-0.05, 0) is 39.5 Å². The summed E-state index contributed by atoms with van der Waals surface area (Å²) in [5.74, 6) is 2.22. The third kappa shape index (κ3) is 5.34. The van der Waals surface area contributed by atoms with Gasteiger partial charge in [0.2, 0.25) is 5.91 Å². The molecule has 2 aromatic heterocycles. The van der Waals surface area contributed by atoms with Crippen LogP contribution in [0.25, 0.3) is 11.0 Å². The van der Waals surface area contributed by atoms with E-state index in [-0.39, 0.29) is 11.8 Å². The van der Waals surface area contributed by atoms with Crippen LogP contribution < -0.4 is 10.2 Å². The Bertz CT molecular complexity index is 834. The molecule has 0 aliphatic carbocycles. The summed E-state index contributed by atoms with van der Waals surface area (Å²) in [6, 6.07) is 0. The van der Waals surface area contributed by atoms with Gasteiger partial charge in [0.25, 0.3) is 0 Å². The van der Waals surface area contributed by atoms with Crippen molar-refractivity contribution in [3.05, 3.63) is 6.20 Å². The number of amides is 1. The van der Waals surface area contributed by atoms with Crippen molar-refractivity contribution in [2.45, 2.75) is 58.2 Å². The molecule has 0 saturated carbocycles. The highest BCUT2D eigenvalue weighted by Gasteiger charge is 2.26. The number of aromatic nitrogens is 4. The summed E-state index contributed by atoms with van der Waals surface area (Å²) in [5, 5.41) is 9.30. The first kappa shape index (κ1) is 22.2. The number of thioether (sulfide) groups is 1. The summed E-state index contributed by atoms with van der Waals surface area (Å²) in [7, 11) is 0. The van der Waals surface area contributed by atoms with Crippen LogP contribution >= 0.6 is 23.4 Å². The lowest BCUT2D eigenvalue weighted by molar-refractivity contribution is -0.128. The quantitative estimate of drug-likeness (QED) is 0.365. The van der Waals surface area contributed by atoms with E-state index in [0.29, 0.717) is 13.1 Å². The number of rotatable bonds is 9. The van der Waals surface area contributed by atoms with Crippen molar-refractivity contribution in [3.63, 3.8) is 0 Å². The molecule has 29 heavy (non-hydrogen) atoms. The molecule has 1 aliphatic heterocycles. The summed E-state index contributed by atoms with van der Waals surface area (Å²) in [4.78, 5) is 24.3. The number of carbonyl (C=O) groups is 1. The molecule has 0 aromatic carbocycles. The van der Waals surface area contributed by atoms with Gasteiger partial charge < -0.3 is 10.2 Å². The Morgan fingerprint density at radius 1 is 1.28 bits per heavy atom. The van der Waals surface area contributed by atoms with E-state index in [1.807, 2.05) is 24.7 Å². The third-order valence-electron chi connectivity index (χ3n) is 5.10. The van der Waals surface area contributed by atoms with Gasteiger partial charge in [-0.3, -0.25) is 4.79 Å². The maximum absolute atomic E-state index is 12.3. The molecule has 1 saturated heterocycles. The van der Waals surface area contributed by atoms with Crippen molar-refractivity contribution in [2.24, 2.45) is 5.41 Å². The number of hydrogen-bond acceptors (Lipinski definition) is 6. The highest BCUT2D eigenvalue weighted by Crippen LogP contribution is 2.29. The van der Waals surface area contributed by atoms with E-state index in [2.05, 4.69) is 22.2 Å². The van der Waals surface area contributed by atoms with E-state index >= 15 is 0 Å². The number of nitrogens with one attached hydrogen (secondary N) is 1. The Morgan fingerprint density at radius 2 is 2.03 bits per heavy atom. The van der Waals surface area contributed by atoms with Crippen LogP contribution in [-0.2, 0) is 11.3 Å². The van der Waals surface area contributed by atoms with Gasteiger partial charge in [0.1, 0.15) is 5.82 Å². The van der Waals surface area contributed by atoms with Gasteiger partial charge >= 0.3 is 0 Å². The summed E-state index contributed by atoms with van der Waals surface area (Å²) >= 11 is 7.58. The van der Waals surface area contributed by atoms with E-state index in [1.165, 1.54) is 19.3 Å². The normalized spacial score (nSPS) is 15.1. The van der Waals surface area contributed by atoms with Crippen LogP contribution in [0, 0.1) is 5.41 Å².